The lowest BCUT2D eigenvalue weighted by atomic mass is 10.2. The van der Waals surface area contributed by atoms with Crippen LogP contribution in [0.2, 0.25) is 0 Å². The van der Waals surface area contributed by atoms with Gasteiger partial charge < -0.3 is 9.64 Å². The smallest absolute Gasteiger partial charge is 0.410 e. The fourth-order valence-electron chi connectivity index (χ4n) is 1.29. The van der Waals surface area contributed by atoms with Gasteiger partial charge in [0.15, 0.2) is 0 Å². The van der Waals surface area contributed by atoms with Crippen molar-refractivity contribution < 1.29 is 9.53 Å². The van der Waals surface area contributed by atoms with Gasteiger partial charge in [-0.05, 0) is 37.9 Å². The molecule has 82 valence electrons. The molecule has 0 aromatic heterocycles. The Morgan fingerprint density at radius 2 is 2.21 bits per heavy atom. The zero-order valence-corrected chi connectivity index (χ0v) is 10.3. The number of nitrogens with zero attached hydrogens (tertiary/aromatic N) is 1. The van der Waals surface area contributed by atoms with Crippen molar-refractivity contribution in [2.45, 2.75) is 38.0 Å². The molecule has 1 amide bonds. The number of amides is 1. The standard InChI is InChI=1S/C9H16ClNO2S/c1-9(2,3)13-8(12)11-5-4-7(6-11)14-10/h7H,4-6H2,1-3H3. The lowest BCUT2D eigenvalue weighted by Gasteiger charge is -2.24. The summed E-state index contributed by atoms with van der Waals surface area (Å²) in [5.74, 6) is 0. The third-order valence-electron chi connectivity index (χ3n) is 1.92. The normalized spacial score (nSPS) is 22.6. The van der Waals surface area contributed by atoms with Crippen LogP contribution < -0.4 is 0 Å². The predicted octanol–water partition coefficient (Wildman–Crippen LogP) is 2.88. The van der Waals surface area contributed by atoms with Crippen LogP contribution in [-0.4, -0.2) is 34.9 Å². The van der Waals surface area contributed by atoms with Gasteiger partial charge in [0.1, 0.15) is 5.60 Å². The SMILES string of the molecule is CC(C)(C)OC(=O)N1CCC(SCl)C1. The molecule has 5 heteroatoms. The molecule has 0 aromatic rings. The molecule has 1 fully saturated rings. The summed E-state index contributed by atoms with van der Waals surface area (Å²) in [6, 6.07) is 0. The van der Waals surface area contributed by atoms with E-state index in [1.807, 2.05) is 20.8 Å². The molecule has 1 atom stereocenters. The third-order valence-corrected chi connectivity index (χ3v) is 3.32. The molecule has 1 rings (SSSR count). The summed E-state index contributed by atoms with van der Waals surface area (Å²) in [6.45, 7) is 7.06. The molecule has 1 aliphatic rings. The maximum Gasteiger partial charge on any atom is 0.410 e. The Balaban J connectivity index is 2.40. The Morgan fingerprint density at radius 1 is 1.57 bits per heavy atom. The largest absolute Gasteiger partial charge is 0.444 e. The molecule has 0 aliphatic carbocycles. The van der Waals surface area contributed by atoms with Crippen LogP contribution in [0.4, 0.5) is 4.79 Å². The molecule has 1 unspecified atom stereocenters. The zero-order valence-electron chi connectivity index (χ0n) is 8.75. The number of carbonyl (C=O) groups excluding carboxylic acids is 1. The fraction of sp³-hybridized carbons (Fsp3) is 0.889. The Kier molecular flexibility index (Phi) is 3.95. The van der Waals surface area contributed by atoms with E-state index in [9.17, 15) is 4.79 Å². The maximum atomic E-state index is 11.6. The summed E-state index contributed by atoms with van der Waals surface area (Å²) in [7, 11) is 6.94. The number of likely N-dealkylation sites (tertiary alicyclic amines) is 1. The molecule has 1 aliphatic heterocycles. The summed E-state index contributed by atoms with van der Waals surface area (Å²) in [4.78, 5) is 13.3. The molecule has 1 heterocycles. The van der Waals surface area contributed by atoms with E-state index in [0.29, 0.717) is 11.8 Å². The first-order chi connectivity index (χ1) is 6.42. The van der Waals surface area contributed by atoms with Crippen molar-refractivity contribution >= 4 is 27.8 Å². The van der Waals surface area contributed by atoms with Gasteiger partial charge in [-0.2, -0.15) is 0 Å². The quantitative estimate of drug-likeness (QED) is 0.703. The summed E-state index contributed by atoms with van der Waals surface area (Å²) in [5.41, 5.74) is -0.413. The number of hydrogen-bond acceptors (Lipinski definition) is 3. The number of rotatable bonds is 1. The fourth-order valence-corrected chi connectivity index (χ4v) is 2.16. The summed E-state index contributed by atoms with van der Waals surface area (Å²) < 4.78 is 5.25. The highest BCUT2D eigenvalue weighted by atomic mass is 35.7. The van der Waals surface area contributed by atoms with Crippen LogP contribution in [0.3, 0.4) is 0 Å². The van der Waals surface area contributed by atoms with Gasteiger partial charge in [0.05, 0.1) is 0 Å². The van der Waals surface area contributed by atoms with Crippen molar-refractivity contribution in [1.29, 1.82) is 0 Å². The van der Waals surface area contributed by atoms with Crippen molar-refractivity contribution in [1.82, 2.24) is 4.90 Å². The van der Waals surface area contributed by atoms with Gasteiger partial charge in [-0.1, -0.05) is 11.0 Å². The van der Waals surface area contributed by atoms with Crippen molar-refractivity contribution in [3.63, 3.8) is 0 Å². The third kappa shape index (κ3) is 3.58. The van der Waals surface area contributed by atoms with Crippen LogP contribution in [0.5, 0.6) is 0 Å². The minimum Gasteiger partial charge on any atom is -0.444 e. The summed E-state index contributed by atoms with van der Waals surface area (Å²) in [5, 5.41) is 0.351. The average Bonchev–Trinajstić information content (AvgIpc) is 2.48. The topological polar surface area (TPSA) is 29.5 Å². The molecule has 0 spiro atoms. The number of hydrogen-bond donors (Lipinski definition) is 0. The zero-order chi connectivity index (χ0) is 10.8. The Labute approximate surface area is 93.6 Å². The van der Waals surface area contributed by atoms with Gasteiger partial charge in [-0.25, -0.2) is 4.79 Å². The van der Waals surface area contributed by atoms with Gasteiger partial charge in [0.2, 0.25) is 0 Å². The highest BCUT2D eigenvalue weighted by Crippen LogP contribution is 2.26. The minimum atomic E-state index is -0.413. The van der Waals surface area contributed by atoms with Gasteiger partial charge in [-0.15, -0.1) is 0 Å². The second-order valence-corrected chi connectivity index (χ2v) is 5.81. The molecular weight excluding hydrogens is 222 g/mol. The lowest BCUT2D eigenvalue weighted by Crippen LogP contribution is -2.35. The van der Waals surface area contributed by atoms with Crippen LogP contribution in [0, 0.1) is 0 Å². The van der Waals surface area contributed by atoms with Crippen molar-refractivity contribution in [3.05, 3.63) is 0 Å². The Hall–Kier alpha value is -0.0900. The first-order valence-corrected chi connectivity index (χ1v) is 6.38. The summed E-state index contributed by atoms with van der Waals surface area (Å²) in [6.07, 6.45) is 0.721. The first kappa shape index (κ1) is 12.0. The van der Waals surface area contributed by atoms with E-state index in [1.54, 1.807) is 4.90 Å². The molecule has 0 radical (unpaired) electrons. The van der Waals surface area contributed by atoms with E-state index in [0.717, 1.165) is 13.0 Å². The van der Waals surface area contributed by atoms with Gasteiger partial charge in [-0.3, -0.25) is 0 Å². The maximum absolute atomic E-state index is 11.6. The van der Waals surface area contributed by atoms with Crippen molar-refractivity contribution in [2.75, 3.05) is 13.1 Å². The molecule has 14 heavy (non-hydrogen) atoms. The molecule has 0 N–H and O–H groups in total. The monoisotopic (exact) mass is 237 g/mol. The number of halogens is 1. The number of carbonyl (C=O) groups is 1. The van der Waals surface area contributed by atoms with Crippen LogP contribution in [0.25, 0.3) is 0 Å². The van der Waals surface area contributed by atoms with E-state index in [-0.39, 0.29) is 6.09 Å². The molecule has 1 saturated heterocycles. The Bertz CT molecular complexity index is 217. The minimum absolute atomic E-state index is 0.231. The highest BCUT2D eigenvalue weighted by molar-refractivity contribution is 8.21. The average molecular weight is 238 g/mol. The van der Waals surface area contributed by atoms with Crippen LogP contribution >= 0.6 is 21.7 Å². The molecule has 0 bridgehead atoms. The second-order valence-electron chi connectivity index (χ2n) is 4.43. The Morgan fingerprint density at radius 3 is 2.64 bits per heavy atom. The van der Waals surface area contributed by atoms with Crippen molar-refractivity contribution in [3.8, 4) is 0 Å². The molecule has 3 nitrogen and oxygen atoms in total. The van der Waals surface area contributed by atoms with Crippen LogP contribution in [0.1, 0.15) is 27.2 Å². The van der Waals surface area contributed by atoms with Crippen molar-refractivity contribution in [2.24, 2.45) is 0 Å². The van der Waals surface area contributed by atoms with E-state index >= 15 is 0 Å². The van der Waals surface area contributed by atoms with Gasteiger partial charge in [0, 0.05) is 18.3 Å². The molecule has 0 saturated carbocycles. The van der Waals surface area contributed by atoms with Crippen LogP contribution in [-0.2, 0) is 4.74 Å². The van der Waals surface area contributed by atoms with E-state index < -0.39 is 5.60 Å². The second kappa shape index (κ2) is 4.62. The van der Waals surface area contributed by atoms with Crippen LogP contribution in [0.15, 0.2) is 0 Å². The predicted molar refractivity (Wildman–Crippen MR) is 59.7 cm³/mol. The molecule has 0 aromatic carbocycles. The summed E-state index contributed by atoms with van der Waals surface area (Å²) >= 11 is 0. The van der Waals surface area contributed by atoms with E-state index in [2.05, 4.69) is 0 Å². The highest BCUT2D eigenvalue weighted by Gasteiger charge is 2.29. The van der Waals surface area contributed by atoms with E-state index in [1.165, 1.54) is 11.0 Å². The van der Waals surface area contributed by atoms with Gasteiger partial charge in [0.25, 0.3) is 0 Å². The van der Waals surface area contributed by atoms with Gasteiger partial charge >= 0.3 is 6.09 Å². The molecular formula is C9H16ClNO2S. The lowest BCUT2D eigenvalue weighted by molar-refractivity contribution is 0.0295. The first-order valence-electron chi connectivity index (χ1n) is 4.67. The van der Waals surface area contributed by atoms with E-state index in [4.69, 9.17) is 15.4 Å². The number of ether oxygens (including phenoxy) is 1.